The van der Waals surface area contributed by atoms with Crippen LogP contribution in [0.25, 0.3) is 16.7 Å². The molecule has 3 aromatic heterocycles. The Bertz CT molecular complexity index is 1310. The summed E-state index contributed by atoms with van der Waals surface area (Å²) in [5.41, 5.74) is 3.53. The standard InChI is InChI=1S/C25H28ClN5O2/c1-33-23-10-9-21-24(27-23)30-12-2-4-22(30)25(32)31(21)13-3-11-28-14-16-29(17-15-28)18-19-5-7-20(26)8-6-19/h2,4-10,12H,3,11,13-18H2,1H3. The molecular formula is C25H28ClN5O2. The molecule has 1 fully saturated rings. The molecule has 172 valence electrons. The van der Waals surface area contributed by atoms with Crippen molar-refractivity contribution in [2.75, 3.05) is 39.8 Å². The van der Waals surface area contributed by atoms with Crippen molar-refractivity contribution in [2.45, 2.75) is 19.5 Å². The molecule has 5 rings (SSSR count). The third-order valence-electron chi connectivity index (χ3n) is 6.41. The van der Waals surface area contributed by atoms with Crippen molar-refractivity contribution in [3.05, 3.63) is 75.7 Å². The Hall–Kier alpha value is -2.87. The monoisotopic (exact) mass is 465 g/mol. The average Bonchev–Trinajstić information content (AvgIpc) is 3.34. The maximum Gasteiger partial charge on any atom is 0.275 e. The number of rotatable bonds is 7. The van der Waals surface area contributed by atoms with Crippen LogP contribution in [0.3, 0.4) is 0 Å². The van der Waals surface area contributed by atoms with Gasteiger partial charge in [0.1, 0.15) is 5.52 Å². The summed E-state index contributed by atoms with van der Waals surface area (Å²) in [6.07, 6.45) is 2.79. The molecule has 0 amide bonds. The lowest BCUT2D eigenvalue weighted by Crippen LogP contribution is -2.46. The van der Waals surface area contributed by atoms with Gasteiger partial charge in [-0.25, -0.2) is 0 Å². The molecule has 8 heteroatoms. The van der Waals surface area contributed by atoms with E-state index in [1.165, 1.54) is 5.56 Å². The number of pyridine rings is 1. The molecule has 4 aromatic rings. The van der Waals surface area contributed by atoms with Gasteiger partial charge in [-0.15, -0.1) is 0 Å². The third-order valence-corrected chi connectivity index (χ3v) is 6.66. The van der Waals surface area contributed by atoms with E-state index in [1.807, 2.05) is 51.6 Å². The number of nitrogens with zero attached hydrogens (tertiary/aromatic N) is 5. The summed E-state index contributed by atoms with van der Waals surface area (Å²) in [5, 5.41) is 0.779. The molecule has 4 heterocycles. The first kappa shape index (κ1) is 21.9. The van der Waals surface area contributed by atoms with Gasteiger partial charge in [-0.2, -0.15) is 4.98 Å². The minimum absolute atomic E-state index is 0.0206. The molecule has 0 unspecified atom stereocenters. The Morgan fingerprint density at radius 1 is 0.939 bits per heavy atom. The molecule has 0 N–H and O–H groups in total. The number of hydrogen-bond acceptors (Lipinski definition) is 5. The molecule has 7 nitrogen and oxygen atoms in total. The topological polar surface area (TPSA) is 55.0 Å². The summed E-state index contributed by atoms with van der Waals surface area (Å²) >= 11 is 5.99. The molecular weight excluding hydrogens is 438 g/mol. The molecule has 1 aliphatic rings. The van der Waals surface area contributed by atoms with E-state index < -0.39 is 0 Å². The fraction of sp³-hybridized carbons (Fsp3) is 0.360. The van der Waals surface area contributed by atoms with Crippen LogP contribution in [-0.4, -0.2) is 63.6 Å². The number of benzene rings is 1. The first-order valence-corrected chi connectivity index (χ1v) is 11.7. The van der Waals surface area contributed by atoms with Gasteiger partial charge in [-0.05, 0) is 48.9 Å². The molecule has 0 atom stereocenters. The van der Waals surface area contributed by atoms with Crippen LogP contribution in [0.15, 0.2) is 59.5 Å². The van der Waals surface area contributed by atoms with E-state index in [1.54, 1.807) is 7.11 Å². The lowest BCUT2D eigenvalue weighted by Gasteiger charge is -2.34. The summed E-state index contributed by atoms with van der Waals surface area (Å²) in [6, 6.07) is 15.6. The summed E-state index contributed by atoms with van der Waals surface area (Å²) in [4.78, 5) is 22.7. The number of fused-ring (bicyclic) bond motifs is 3. The van der Waals surface area contributed by atoms with E-state index in [0.717, 1.165) is 61.9 Å². The van der Waals surface area contributed by atoms with Gasteiger partial charge < -0.3 is 14.2 Å². The Morgan fingerprint density at radius 2 is 1.70 bits per heavy atom. The second-order valence-electron chi connectivity index (χ2n) is 8.51. The molecule has 0 saturated carbocycles. The second-order valence-corrected chi connectivity index (χ2v) is 8.95. The highest BCUT2D eigenvalue weighted by atomic mass is 35.5. The lowest BCUT2D eigenvalue weighted by molar-refractivity contribution is 0.125. The van der Waals surface area contributed by atoms with Crippen LogP contribution in [0.5, 0.6) is 5.88 Å². The zero-order valence-corrected chi connectivity index (χ0v) is 19.5. The number of halogens is 1. The van der Waals surface area contributed by atoms with Crippen molar-refractivity contribution >= 4 is 28.3 Å². The molecule has 1 aromatic carbocycles. The van der Waals surface area contributed by atoms with E-state index in [2.05, 4.69) is 26.9 Å². The summed E-state index contributed by atoms with van der Waals surface area (Å²) in [5.74, 6) is 0.541. The minimum atomic E-state index is 0.0206. The molecule has 0 aliphatic carbocycles. The molecule has 1 saturated heterocycles. The number of methoxy groups -OCH3 is 1. The van der Waals surface area contributed by atoms with Gasteiger partial charge in [0, 0.05) is 56.6 Å². The van der Waals surface area contributed by atoms with E-state index in [0.29, 0.717) is 17.9 Å². The van der Waals surface area contributed by atoms with Crippen molar-refractivity contribution in [1.82, 2.24) is 23.8 Å². The minimum Gasteiger partial charge on any atom is -0.481 e. The van der Waals surface area contributed by atoms with Crippen molar-refractivity contribution in [3.8, 4) is 5.88 Å². The summed E-state index contributed by atoms with van der Waals surface area (Å²) < 4.78 is 9.00. The normalized spacial score (nSPS) is 15.5. The van der Waals surface area contributed by atoms with Crippen LogP contribution in [0.2, 0.25) is 5.02 Å². The van der Waals surface area contributed by atoms with Gasteiger partial charge in [0.05, 0.1) is 12.6 Å². The van der Waals surface area contributed by atoms with E-state index in [9.17, 15) is 4.79 Å². The van der Waals surface area contributed by atoms with E-state index in [-0.39, 0.29) is 5.56 Å². The first-order valence-electron chi connectivity index (χ1n) is 11.4. The van der Waals surface area contributed by atoms with Crippen LogP contribution in [-0.2, 0) is 13.1 Å². The zero-order chi connectivity index (χ0) is 22.8. The lowest BCUT2D eigenvalue weighted by atomic mass is 10.2. The highest BCUT2D eigenvalue weighted by molar-refractivity contribution is 6.30. The Kier molecular flexibility index (Phi) is 6.35. The molecule has 33 heavy (non-hydrogen) atoms. The van der Waals surface area contributed by atoms with Crippen LogP contribution in [0.1, 0.15) is 12.0 Å². The van der Waals surface area contributed by atoms with Crippen molar-refractivity contribution in [1.29, 1.82) is 0 Å². The largest absolute Gasteiger partial charge is 0.481 e. The number of aryl methyl sites for hydroxylation is 1. The molecule has 0 bridgehead atoms. The summed E-state index contributed by atoms with van der Waals surface area (Å²) in [7, 11) is 1.60. The second kappa shape index (κ2) is 9.55. The predicted octanol–water partition coefficient (Wildman–Crippen LogP) is 3.52. The Balaban J connectivity index is 1.22. The van der Waals surface area contributed by atoms with Crippen LogP contribution >= 0.6 is 11.6 Å². The van der Waals surface area contributed by atoms with Crippen LogP contribution in [0.4, 0.5) is 0 Å². The fourth-order valence-electron chi connectivity index (χ4n) is 4.61. The highest BCUT2D eigenvalue weighted by Gasteiger charge is 2.17. The smallest absolute Gasteiger partial charge is 0.275 e. The zero-order valence-electron chi connectivity index (χ0n) is 18.8. The maximum atomic E-state index is 13.1. The van der Waals surface area contributed by atoms with Crippen molar-refractivity contribution < 1.29 is 4.74 Å². The number of hydrogen-bond donors (Lipinski definition) is 0. The van der Waals surface area contributed by atoms with E-state index in [4.69, 9.17) is 16.3 Å². The van der Waals surface area contributed by atoms with Gasteiger partial charge >= 0.3 is 0 Å². The van der Waals surface area contributed by atoms with Crippen molar-refractivity contribution in [3.63, 3.8) is 0 Å². The van der Waals surface area contributed by atoms with E-state index >= 15 is 0 Å². The van der Waals surface area contributed by atoms with Gasteiger partial charge in [0.2, 0.25) is 5.88 Å². The van der Waals surface area contributed by atoms with Gasteiger partial charge in [0.15, 0.2) is 5.65 Å². The fourth-order valence-corrected chi connectivity index (χ4v) is 4.73. The quantitative estimate of drug-likeness (QED) is 0.418. The number of ether oxygens (including phenoxy) is 1. The molecule has 0 spiro atoms. The van der Waals surface area contributed by atoms with Crippen molar-refractivity contribution in [2.24, 2.45) is 0 Å². The third kappa shape index (κ3) is 4.62. The number of piperazine rings is 1. The average molecular weight is 466 g/mol. The van der Waals surface area contributed by atoms with Crippen LogP contribution < -0.4 is 10.3 Å². The SMILES string of the molecule is COc1ccc2c(n1)n1cccc1c(=O)n2CCCN1CCN(Cc2ccc(Cl)cc2)CC1. The van der Waals surface area contributed by atoms with Gasteiger partial charge in [0.25, 0.3) is 5.56 Å². The van der Waals surface area contributed by atoms with Gasteiger partial charge in [-0.1, -0.05) is 23.7 Å². The highest BCUT2D eigenvalue weighted by Crippen LogP contribution is 2.18. The van der Waals surface area contributed by atoms with Gasteiger partial charge in [-0.3, -0.25) is 14.1 Å². The summed E-state index contributed by atoms with van der Waals surface area (Å²) in [6.45, 7) is 6.77. The first-order chi connectivity index (χ1) is 16.1. The molecule has 1 aliphatic heterocycles. The Labute approximate surface area is 197 Å². The molecule has 0 radical (unpaired) electrons. The predicted molar refractivity (Wildman–Crippen MR) is 131 cm³/mol. The maximum absolute atomic E-state index is 13.1. The van der Waals surface area contributed by atoms with Crippen LogP contribution in [0, 0.1) is 0 Å². The number of aromatic nitrogens is 3. The Morgan fingerprint density at radius 3 is 2.45 bits per heavy atom.